The predicted octanol–water partition coefficient (Wildman–Crippen LogP) is 8.05. The molecule has 0 heterocycles. The molecule has 0 aromatic rings. The lowest BCUT2D eigenvalue weighted by Crippen LogP contribution is -2.28. The number of aliphatic carboxylic acids is 1. The molecule has 6 nitrogen and oxygen atoms in total. The number of carbonyl (C=O) groups excluding carboxylic acids is 2. The highest BCUT2D eigenvalue weighted by atomic mass is 16.5. The molecule has 37 heavy (non-hydrogen) atoms. The quantitative estimate of drug-likeness (QED) is 0.0682. The highest BCUT2D eigenvalue weighted by molar-refractivity contribution is 5.80. The van der Waals surface area contributed by atoms with Gasteiger partial charge >= 0.3 is 11.9 Å². The molecule has 1 unspecified atom stereocenters. The number of hydrogen-bond acceptors (Lipinski definition) is 4. The molecule has 0 bridgehead atoms. The number of nitrogens with one attached hydrogen (secondary N) is 1. The molecule has 2 N–H and O–H groups in total. The lowest BCUT2D eigenvalue weighted by molar-refractivity contribution is -0.150. The first-order chi connectivity index (χ1) is 18.0. The van der Waals surface area contributed by atoms with Crippen molar-refractivity contribution in [2.45, 2.75) is 148 Å². The molecule has 0 aliphatic rings. The number of rotatable bonds is 26. The van der Waals surface area contributed by atoms with Crippen LogP contribution in [0.4, 0.5) is 0 Å². The molecule has 0 aliphatic heterocycles. The Labute approximate surface area is 226 Å². The predicted molar refractivity (Wildman–Crippen MR) is 152 cm³/mol. The number of ether oxygens (including phenoxy) is 1. The van der Waals surface area contributed by atoms with Crippen LogP contribution in [0.5, 0.6) is 0 Å². The second kappa shape index (κ2) is 26.9. The minimum Gasteiger partial charge on any atom is -0.480 e. The van der Waals surface area contributed by atoms with Crippen molar-refractivity contribution in [1.29, 1.82) is 0 Å². The van der Waals surface area contributed by atoms with Crippen molar-refractivity contribution in [1.82, 2.24) is 5.32 Å². The molecular formula is C31H55NO5. The standard InChI is InChI=1S/C31H55NO5/c1-3-5-6-7-8-9-10-11-12-13-14-15-16-17-18-22-26-31(36)37-28(23-4-2)24-20-19-21-25-29(33)32-27-30(34)35/h9-10,12-13,28H,3-8,11,14-27H2,1-2H3,(H,32,33)(H,34,35)/b10-9-,13-12-. The zero-order valence-corrected chi connectivity index (χ0v) is 23.8. The Morgan fingerprint density at radius 2 is 1.30 bits per heavy atom. The summed E-state index contributed by atoms with van der Waals surface area (Å²) in [5.74, 6) is -1.35. The lowest BCUT2D eigenvalue weighted by Gasteiger charge is -2.17. The van der Waals surface area contributed by atoms with E-state index in [2.05, 4.69) is 43.5 Å². The maximum atomic E-state index is 12.2. The van der Waals surface area contributed by atoms with E-state index in [-0.39, 0.29) is 24.5 Å². The Balaban J connectivity index is 3.70. The first-order valence-corrected chi connectivity index (χ1v) is 15.0. The summed E-state index contributed by atoms with van der Waals surface area (Å²) in [6.45, 7) is 4.01. The largest absolute Gasteiger partial charge is 0.480 e. The molecule has 0 fully saturated rings. The Kier molecular flexibility index (Phi) is 25.4. The molecular weight excluding hydrogens is 466 g/mol. The van der Waals surface area contributed by atoms with Crippen LogP contribution in [0.1, 0.15) is 142 Å². The van der Waals surface area contributed by atoms with Gasteiger partial charge in [0, 0.05) is 12.8 Å². The van der Waals surface area contributed by atoms with E-state index < -0.39 is 5.97 Å². The van der Waals surface area contributed by atoms with Crippen molar-refractivity contribution in [3.05, 3.63) is 24.3 Å². The van der Waals surface area contributed by atoms with Gasteiger partial charge in [-0.1, -0.05) is 89.5 Å². The molecule has 0 rings (SSSR count). The number of hydrogen-bond donors (Lipinski definition) is 2. The van der Waals surface area contributed by atoms with E-state index in [1.54, 1.807) is 0 Å². The van der Waals surface area contributed by atoms with Gasteiger partial charge in [-0.2, -0.15) is 0 Å². The molecule has 0 aliphatic carbocycles. The second-order valence-corrected chi connectivity index (χ2v) is 10.0. The number of unbranched alkanes of at least 4 members (excludes halogenated alkanes) is 11. The SMILES string of the molecule is CCCCCC/C=C\C/C=C\CCCCCCCC(=O)OC(CCC)CCCCCC(=O)NCC(=O)O. The zero-order chi connectivity index (χ0) is 27.4. The Morgan fingerprint density at radius 3 is 1.95 bits per heavy atom. The summed E-state index contributed by atoms with van der Waals surface area (Å²) in [5, 5.41) is 10.9. The molecule has 1 amide bonds. The van der Waals surface area contributed by atoms with Gasteiger partial charge < -0.3 is 15.2 Å². The maximum absolute atomic E-state index is 12.2. The van der Waals surface area contributed by atoms with Crippen LogP contribution in [-0.4, -0.2) is 35.6 Å². The van der Waals surface area contributed by atoms with Crippen LogP contribution in [0.25, 0.3) is 0 Å². The fourth-order valence-electron chi connectivity index (χ4n) is 4.18. The van der Waals surface area contributed by atoms with Crippen LogP contribution in [-0.2, 0) is 19.1 Å². The average Bonchev–Trinajstić information content (AvgIpc) is 2.87. The Bertz CT molecular complexity index is 629. The molecule has 0 aromatic carbocycles. The van der Waals surface area contributed by atoms with Crippen molar-refractivity contribution in [3.63, 3.8) is 0 Å². The summed E-state index contributed by atoms with van der Waals surface area (Å²) < 4.78 is 5.71. The van der Waals surface area contributed by atoms with Crippen molar-refractivity contribution >= 4 is 17.8 Å². The number of carboxylic acids is 1. The molecule has 0 spiro atoms. The van der Waals surface area contributed by atoms with E-state index in [9.17, 15) is 14.4 Å². The highest BCUT2D eigenvalue weighted by Crippen LogP contribution is 2.15. The Hall–Kier alpha value is -2.11. The van der Waals surface area contributed by atoms with Gasteiger partial charge in [0.05, 0.1) is 0 Å². The van der Waals surface area contributed by atoms with Crippen molar-refractivity contribution in [3.8, 4) is 0 Å². The summed E-state index contributed by atoms with van der Waals surface area (Å²) in [6, 6.07) is 0. The van der Waals surface area contributed by atoms with Crippen molar-refractivity contribution < 1.29 is 24.2 Å². The number of carbonyl (C=O) groups is 3. The van der Waals surface area contributed by atoms with Crippen LogP contribution in [0.15, 0.2) is 24.3 Å². The monoisotopic (exact) mass is 521 g/mol. The molecule has 214 valence electrons. The van der Waals surface area contributed by atoms with Crippen LogP contribution < -0.4 is 5.32 Å². The third-order valence-corrected chi connectivity index (χ3v) is 6.36. The van der Waals surface area contributed by atoms with Gasteiger partial charge in [0.15, 0.2) is 0 Å². The molecule has 0 aromatic heterocycles. The Morgan fingerprint density at radius 1 is 0.703 bits per heavy atom. The fourth-order valence-corrected chi connectivity index (χ4v) is 4.18. The fraction of sp³-hybridized carbons (Fsp3) is 0.774. The van der Waals surface area contributed by atoms with Gasteiger partial charge in [0.2, 0.25) is 5.91 Å². The lowest BCUT2D eigenvalue weighted by atomic mass is 10.1. The van der Waals surface area contributed by atoms with Crippen molar-refractivity contribution in [2.24, 2.45) is 0 Å². The third-order valence-electron chi connectivity index (χ3n) is 6.36. The topological polar surface area (TPSA) is 92.7 Å². The van der Waals surface area contributed by atoms with Gasteiger partial charge in [-0.25, -0.2) is 0 Å². The average molecular weight is 522 g/mol. The first kappa shape index (κ1) is 34.9. The van der Waals surface area contributed by atoms with Crippen LogP contribution >= 0.6 is 0 Å². The summed E-state index contributed by atoms with van der Waals surface area (Å²) in [5.41, 5.74) is 0. The van der Waals surface area contributed by atoms with Gasteiger partial charge in [-0.3, -0.25) is 14.4 Å². The number of allylic oxidation sites excluding steroid dienone is 4. The summed E-state index contributed by atoms with van der Waals surface area (Å²) in [4.78, 5) is 34.2. The van der Waals surface area contributed by atoms with Gasteiger partial charge in [0.25, 0.3) is 0 Å². The zero-order valence-electron chi connectivity index (χ0n) is 23.8. The van der Waals surface area contributed by atoms with E-state index in [0.29, 0.717) is 19.3 Å². The maximum Gasteiger partial charge on any atom is 0.322 e. The summed E-state index contributed by atoms with van der Waals surface area (Å²) in [6.07, 6.45) is 29.3. The number of esters is 1. The first-order valence-electron chi connectivity index (χ1n) is 15.0. The molecule has 0 radical (unpaired) electrons. The van der Waals surface area contributed by atoms with Crippen molar-refractivity contribution in [2.75, 3.05) is 6.54 Å². The molecule has 6 heteroatoms. The van der Waals surface area contributed by atoms with Crippen LogP contribution in [0.2, 0.25) is 0 Å². The highest BCUT2D eigenvalue weighted by Gasteiger charge is 2.13. The van der Waals surface area contributed by atoms with Crippen LogP contribution in [0, 0.1) is 0 Å². The van der Waals surface area contributed by atoms with E-state index in [1.807, 2.05) is 0 Å². The molecule has 0 saturated heterocycles. The van der Waals surface area contributed by atoms with Crippen LogP contribution in [0.3, 0.4) is 0 Å². The summed E-state index contributed by atoms with van der Waals surface area (Å²) >= 11 is 0. The van der Waals surface area contributed by atoms with Gasteiger partial charge in [0.1, 0.15) is 12.6 Å². The van der Waals surface area contributed by atoms with E-state index in [0.717, 1.165) is 64.2 Å². The van der Waals surface area contributed by atoms with E-state index in [4.69, 9.17) is 9.84 Å². The molecule has 0 saturated carbocycles. The van der Waals surface area contributed by atoms with E-state index in [1.165, 1.54) is 44.9 Å². The van der Waals surface area contributed by atoms with E-state index >= 15 is 0 Å². The third kappa shape index (κ3) is 26.8. The normalized spacial score (nSPS) is 12.3. The summed E-state index contributed by atoms with van der Waals surface area (Å²) in [7, 11) is 0. The molecule has 1 atom stereocenters. The minimum absolute atomic E-state index is 0.0407. The second-order valence-electron chi connectivity index (χ2n) is 10.0. The number of carboxylic acid groups (broad SMARTS) is 1. The minimum atomic E-state index is -1.03. The van der Waals surface area contributed by atoms with Gasteiger partial charge in [-0.05, 0) is 64.2 Å². The number of amides is 1. The van der Waals surface area contributed by atoms with Gasteiger partial charge in [-0.15, -0.1) is 0 Å². The smallest absolute Gasteiger partial charge is 0.322 e.